The van der Waals surface area contributed by atoms with Crippen LogP contribution in [0.5, 0.6) is 5.75 Å². The molecule has 0 spiro atoms. The van der Waals surface area contributed by atoms with E-state index >= 15 is 0 Å². The molecule has 0 aromatic heterocycles. The van der Waals surface area contributed by atoms with E-state index in [1.165, 1.54) is 5.56 Å². The van der Waals surface area contributed by atoms with Crippen molar-refractivity contribution in [3.8, 4) is 5.75 Å². The maximum Gasteiger partial charge on any atom is 0.217 e. The van der Waals surface area contributed by atoms with E-state index in [-0.39, 0.29) is 13.2 Å². The van der Waals surface area contributed by atoms with E-state index < -0.39 is 10.4 Å². The first kappa shape index (κ1) is 13.0. The summed E-state index contributed by atoms with van der Waals surface area (Å²) in [6.45, 7) is 1.79. The molecule has 1 aromatic rings. The van der Waals surface area contributed by atoms with Gasteiger partial charge in [0.1, 0.15) is 12.4 Å². The molecule has 0 saturated carbocycles. The van der Waals surface area contributed by atoms with Gasteiger partial charge in [-0.2, -0.15) is 0 Å². The highest BCUT2D eigenvalue weighted by Gasteiger charge is 1.97. The van der Waals surface area contributed by atoms with Gasteiger partial charge < -0.3 is 9.29 Å². The number of ether oxygens (including phenoxy) is 1. The first-order valence-corrected chi connectivity index (χ1v) is 6.16. The van der Waals surface area contributed by atoms with Crippen LogP contribution in [0, 0.1) is 0 Å². The van der Waals surface area contributed by atoms with Gasteiger partial charge in [-0.1, -0.05) is 19.1 Å². The van der Waals surface area contributed by atoms with Gasteiger partial charge in [0.05, 0.1) is 6.61 Å². The average Bonchev–Trinajstić information content (AvgIpc) is 2.24. The highest BCUT2D eigenvalue weighted by atomic mass is 32.3. The van der Waals surface area contributed by atoms with Crippen LogP contribution in [0.3, 0.4) is 0 Å². The van der Waals surface area contributed by atoms with Crippen molar-refractivity contribution in [2.45, 2.75) is 13.3 Å². The van der Waals surface area contributed by atoms with Crippen molar-refractivity contribution in [2.24, 2.45) is 0 Å². The second-order valence-corrected chi connectivity index (χ2v) is 4.13. The van der Waals surface area contributed by atoms with Gasteiger partial charge >= 0.3 is 0 Å². The zero-order valence-corrected chi connectivity index (χ0v) is 9.70. The Bertz CT molecular complexity index is 409. The molecule has 5 nitrogen and oxygen atoms in total. The van der Waals surface area contributed by atoms with E-state index in [1.54, 1.807) is 12.1 Å². The van der Waals surface area contributed by atoms with Crippen LogP contribution >= 0.6 is 0 Å². The number of hydrogen-bond donors (Lipinski definition) is 0. The molecule has 6 heteroatoms. The molecule has 0 radical (unpaired) electrons. The van der Waals surface area contributed by atoms with Crippen LogP contribution in [0.15, 0.2) is 24.3 Å². The quantitative estimate of drug-likeness (QED) is 0.426. The monoisotopic (exact) mass is 245 g/mol. The smallest absolute Gasteiger partial charge is 0.217 e. The van der Waals surface area contributed by atoms with Crippen LogP contribution in [-0.2, 0) is 21.0 Å². The predicted octanol–water partition coefficient (Wildman–Crippen LogP) is 1.10. The fourth-order valence-corrected chi connectivity index (χ4v) is 1.39. The molecule has 0 N–H and O–H groups in total. The lowest BCUT2D eigenvalue weighted by Gasteiger charge is -2.09. The lowest BCUT2D eigenvalue weighted by atomic mass is 10.2. The summed E-state index contributed by atoms with van der Waals surface area (Å²) in [5.74, 6) is 0.615. The molecule has 90 valence electrons. The van der Waals surface area contributed by atoms with Gasteiger partial charge in [0.15, 0.2) is 0 Å². The van der Waals surface area contributed by atoms with Gasteiger partial charge in [0, 0.05) is 0 Å². The first-order valence-electron chi connectivity index (χ1n) is 4.83. The summed E-state index contributed by atoms with van der Waals surface area (Å²) in [5, 5.41) is 0. The van der Waals surface area contributed by atoms with Gasteiger partial charge in [-0.05, 0) is 24.1 Å². The van der Waals surface area contributed by atoms with Crippen molar-refractivity contribution in [1.29, 1.82) is 0 Å². The Hall–Kier alpha value is -1.11. The molecule has 1 aromatic carbocycles. The normalized spacial score (nSPS) is 11.4. The standard InChI is InChI=1S/C10H14O5S/c1-2-9-3-5-10(6-4-9)14-7-8-15-16(11,12)13/h3-6H,2,7-8H2,1H3,(H,11,12,13)/p-1. The fraction of sp³-hybridized carbons (Fsp3) is 0.400. The molecule has 0 heterocycles. The summed E-state index contributed by atoms with van der Waals surface area (Å²) in [6, 6.07) is 7.40. The predicted molar refractivity (Wildman–Crippen MR) is 57.0 cm³/mol. The highest BCUT2D eigenvalue weighted by Crippen LogP contribution is 2.12. The third-order valence-corrected chi connectivity index (χ3v) is 2.37. The third kappa shape index (κ3) is 5.11. The lowest BCUT2D eigenvalue weighted by Crippen LogP contribution is -2.11. The van der Waals surface area contributed by atoms with Gasteiger partial charge in [0.2, 0.25) is 10.4 Å². The van der Waals surface area contributed by atoms with Crippen molar-refractivity contribution in [3.05, 3.63) is 29.8 Å². The minimum atomic E-state index is -4.62. The Labute approximate surface area is 95.0 Å². The largest absolute Gasteiger partial charge is 0.726 e. The van der Waals surface area contributed by atoms with Crippen LogP contribution in [0.1, 0.15) is 12.5 Å². The minimum Gasteiger partial charge on any atom is -0.726 e. The van der Waals surface area contributed by atoms with E-state index in [4.69, 9.17) is 4.74 Å². The fourth-order valence-electron chi connectivity index (χ4n) is 1.12. The highest BCUT2D eigenvalue weighted by molar-refractivity contribution is 7.80. The first-order chi connectivity index (χ1) is 7.51. The molecule has 0 amide bonds. The maximum absolute atomic E-state index is 10.1. The van der Waals surface area contributed by atoms with Crippen molar-refractivity contribution in [3.63, 3.8) is 0 Å². The summed E-state index contributed by atoms with van der Waals surface area (Å²) in [4.78, 5) is 0. The second-order valence-electron chi connectivity index (χ2n) is 3.08. The summed E-state index contributed by atoms with van der Waals surface area (Å²) < 4.78 is 39.4. The van der Waals surface area contributed by atoms with E-state index in [0.717, 1.165) is 6.42 Å². The molecule has 0 unspecified atom stereocenters. The van der Waals surface area contributed by atoms with E-state index in [2.05, 4.69) is 4.18 Å². The molecule has 0 bridgehead atoms. The van der Waals surface area contributed by atoms with Crippen molar-refractivity contribution in [2.75, 3.05) is 13.2 Å². The number of aryl methyl sites for hydroxylation is 1. The second kappa shape index (κ2) is 5.83. The van der Waals surface area contributed by atoms with Crippen LogP contribution in [0.4, 0.5) is 0 Å². The Morgan fingerprint density at radius 1 is 1.19 bits per heavy atom. The Kier molecular flexibility index (Phi) is 4.72. The third-order valence-electron chi connectivity index (χ3n) is 1.91. The molecule has 0 fully saturated rings. The van der Waals surface area contributed by atoms with Crippen molar-refractivity contribution in [1.82, 2.24) is 0 Å². The molecule has 0 aliphatic rings. The zero-order valence-electron chi connectivity index (χ0n) is 8.88. The molecule has 0 saturated heterocycles. The van der Waals surface area contributed by atoms with E-state index in [0.29, 0.717) is 5.75 Å². The molecule has 0 atom stereocenters. The van der Waals surface area contributed by atoms with Crippen LogP contribution < -0.4 is 4.74 Å². The SMILES string of the molecule is CCc1ccc(OCCOS(=O)(=O)[O-])cc1. The lowest BCUT2D eigenvalue weighted by molar-refractivity contribution is 0.199. The summed E-state index contributed by atoms with van der Waals surface area (Å²) in [5.41, 5.74) is 1.19. The molecule has 1 rings (SSSR count). The van der Waals surface area contributed by atoms with Gasteiger partial charge in [-0.25, -0.2) is 8.42 Å². The van der Waals surface area contributed by atoms with Gasteiger partial charge in [-0.3, -0.25) is 4.18 Å². The average molecular weight is 245 g/mol. The topological polar surface area (TPSA) is 75.7 Å². The van der Waals surface area contributed by atoms with Gasteiger partial charge in [-0.15, -0.1) is 0 Å². The maximum atomic E-state index is 10.1. The summed E-state index contributed by atoms with van der Waals surface area (Å²) >= 11 is 0. The summed E-state index contributed by atoms with van der Waals surface area (Å²) in [7, 11) is -4.62. The van der Waals surface area contributed by atoms with Crippen molar-refractivity contribution >= 4 is 10.4 Å². The Balaban J connectivity index is 2.32. The molecule has 0 aliphatic carbocycles. The Morgan fingerprint density at radius 2 is 1.81 bits per heavy atom. The minimum absolute atomic E-state index is 0.0208. The molecular weight excluding hydrogens is 232 g/mol. The molecule has 0 aliphatic heterocycles. The number of rotatable bonds is 6. The van der Waals surface area contributed by atoms with Crippen LogP contribution in [-0.4, -0.2) is 26.2 Å². The molecular formula is C10H13O5S-. The Morgan fingerprint density at radius 3 is 2.31 bits per heavy atom. The molecule has 16 heavy (non-hydrogen) atoms. The van der Waals surface area contributed by atoms with Crippen LogP contribution in [0.2, 0.25) is 0 Å². The van der Waals surface area contributed by atoms with E-state index in [9.17, 15) is 13.0 Å². The van der Waals surface area contributed by atoms with Crippen LogP contribution in [0.25, 0.3) is 0 Å². The summed E-state index contributed by atoms with van der Waals surface area (Å²) in [6.07, 6.45) is 0.942. The number of hydrogen-bond acceptors (Lipinski definition) is 5. The number of benzene rings is 1. The van der Waals surface area contributed by atoms with Crippen molar-refractivity contribution < 1.29 is 21.9 Å². The van der Waals surface area contributed by atoms with E-state index in [1.807, 2.05) is 19.1 Å². The zero-order chi connectivity index (χ0) is 12.0. The van der Waals surface area contributed by atoms with Gasteiger partial charge in [0.25, 0.3) is 0 Å².